The van der Waals surface area contributed by atoms with Gasteiger partial charge in [-0.05, 0) is 49.7 Å². The van der Waals surface area contributed by atoms with E-state index in [4.69, 9.17) is 16.3 Å². The lowest BCUT2D eigenvalue weighted by molar-refractivity contribution is 0.247. The predicted octanol–water partition coefficient (Wildman–Crippen LogP) is 4.16. The van der Waals surface area contributed by atoms with Crippen molar-refractivity contribution in [1.29, 1.82) is 0 Å². The Labute approximate surface area is 135 Å². The van der Waals surface area contributed by atoms with Gasteiger partial charge in [0.1, 0.15) is 12.4 Å². The Balaban J connectivity index is 1.70. The monoisotopic (exact) mass is 318 g/mol. The number of hydrogen-bond donors (Lipinski definition) is 2. The SMILES string of the molecule is Cc1ccc(NC(=O)NCCOc2ccc(Cl)c(C)c2)cc1. The fourth-order valence-electron chi connectivity index (χ4n) is 1.85. The summed E-state index contributed by atoms with van der Waals surface area (Å²) in [7, 11) is 0. The number of anilines is 1. The molecule has 0 aliphatic carbocycles. The number of halogens is 1. The largest absolute Gasteiger partial charge is 0.492 e. The van der Waals surface area contributed by atoms with Crippen LogP contribution in [-0.2, 0) is 0 Å². The molecule has 2 N–H and O–H groups in total. The summed E-state index contributed by atoms with van der Waals surface area (Å²) in [6.07, 6.45) is 0. The number of rotatable bonds is 5. The minimum atomic E-state index is -0.250. The van der Waals surface area contributed by atoms with Crippen LogP contribution in [0.4, 0.5) is 10.5 Å². The van der Waals surface area contributed by atoms with Crippen molar-refractivity contribution < 1.29 is 9.53 Å². The van der Waals surface area contributed by atoms with Gasteiger partial charge in [0.15, 0.2) is 0 Å². The van der Waals surface area contributed by atoms with E-state index in [-0.39, 0.29) is 6.03 Å². The van der Waals surface area contributed by atoms with E-state index in [0.29, 0.717) is 18.2 Å². The Bertz CT molecular complexity index is 642. The molecule has 5 heteroatoms. The Hall–Kier alpha value is -2.20. The number of aryl methyl sites for hydroxylation is 2. The minimum absolute atomic E-state index is 0.250. The van der Waals surface area contributed by atoms with Crippen molar-refractivity contribution >= 4 is 23.3 Å². The molecular weight excluding hydrogens is 300 g/mol. The lowest BCUT2D eigenvalue weighted by atomic mass is 10.2. The van der Waals surface area contributed by atoms with Gasteiger partial charge in [-0.15, -0.1) is 0 Å². The molecule has 0 aliphatic rings. The summed E-state index contributed by atoms with van der Waals surface area (Å²) in [5, 5.41) is 6.21. The second-order valence-electron chi connectivity index (χ2n) is 5.01. The third-order valence-electron chi connectivity index (χ3n) is 3.10. The zero-order valence-corrected chi connectivity index (χ0v) is 13.4. The molecule has 0 saturated carbocycles. The molecule has 0 spiro atoms. The fraction of sp³-hybridized carbons (Fsp3) is 0.235. The summed E-state index contributed by atoms with van der Waals surface area (Å²) in [5.41, 5.74) is 2.87. The molecule has 0 unspecified atom stereocenters. The number of amides is 2. The van der Waals surface area contributed by atoms with Crippen molar-refractivity contribution in [3.63, 3.8) is 0 Å². The van der Waals surface area contributed by atoms with Crippen LogP contribution in [0, 0.1) is 13.8 Å². The molecule has 0 heterocycles. The molecule has 116 valence electrons. The zero-order chi connectivity index (χ0) is 15.9. The highest BCUT2D eigenvalue weighted by molar-refractivity contribution is 6.31. The van der Waals surface area contributed by atoms with Crippen LogP contribution < -0.4 is 15.4 Å². The molecule has 2 aromatic rings. The topological polar surface area (TPSA) is 50.4 Å². The third kappa shape index (κ3) is 4.97. The van der Waals surface area contributed by atoms with E-state index in [2.05, 4.69) is 10.6 Å². The van der Waals surface area contributed by atoms with E-state index < -0.39 is 0 Å². The highest BCUT2D eigenvalue weighted by Crippen LogP contribution is 2.20. The Morgan fingerprint density at radius 1 is 1.14 bits per heavy atom. The standard InChI is InChI=1S/C17H19ClN2O2/c1-12-3-5-14(6-4-12)20-17(21)19-9-10-22-15-7-8-16(18)13(2)11-15/h3-8,11H,9-10H2,1-2H3,(H2,19,20,21). The van der Waals surface area contributed by atoms with Crippen LogP contribution in [0.25, 0.3) is 0 Å². The Morgan fingerprint density at radius 3 is 2.55 bits per heavy atom. The maximum Gasteiger partial charge on any atom is 0.319 e. The first-order valence-electron chi connectivity index (χ1n) is 7.05. The van der Waals surface area contributed by atoms with Gasteiger partial charge in [-0.2, -0.15) is 0 Å². The number of carbonyl (C=O) groups is 1. The first-order chi connectivity index (χ1) is 10.5. The summed E-state index contributed by atoms with van der Waals surface area (Å²) in [6.45, 7) is 4.73. The van der Waals surface area contributed by atoms with Gasteiger partial charge in [0.05, 0.1) is 6.54 Å². The van der Waals surface area contributed by atoms with Gasteiger partial charge in [0, 0.05) is 10.7 Å². The number of ether oxygens (including phenoxy) is 1. The quantitative estimate of drug-likeness (QED) is 0.813. The molecule has 0 radical (unpaired) electrons. The Morgan fingerprint density at radius 2 is 1.86 bits per heavy atom. The van der Waals surface area contributed by atoms with Crippen LogP contribution in [0.2, 0.25) is 5.02 Å². The van der Waals surface area contributed by atoms with Crippen molar-refractivity contribution in [1.82, 2.24) is 5.32 Å². The molecule has 0 bridgehead atoms. The van der Waals surface area contributed by atoms with Crippen molar-refractivity contribution in [3.8, 4) is 5.75 Å². The van der Waals surface area contributed by atoms with Gasteiger partial charge in [-0.3, -0.25) is 0 Å². The van der Waals surface area contributed by atoms with Crippen LogP contribution in [0.15, 0.2) is 42.5 Å². The van der Waals surface area contributed by atoms with Gasteiger partial charge in [-0.1, -0.05) is 29.3 Å². The maximum absolute atomic E-state index is 11.7. The van der Waals surface area contributed by atoms with Gasteiger partial charge in [-0.25, -0.2) is 4.79 Å². The summed E-state index contributed by atoms with van der Waals surface area (Å²) < 4.78 is 5.56. The fourth-order valence-corrected chi connectivity index (χ4v) is 1.97. The average molecular weight is 319 g/mol. The molecule has 0 aromatic heterocycles. The summed E-state index contributed by atoms with van der Waals surface area (Å²) in [5.74, 6) is 0.739. The average Bonchev–Trinajstić information content (AvgIpc) is 2.49. The molecule has 4 nitrogen and oxygen atoms in total. The minimum Gasteiger partial charge on any atom is -0.492 e. The summed E-state index contributed by atoms with van der Waals surface area (Å²) in [4.78, 5) is 11.7. The van der Waals surface area contributed by atoms with E-state index in [0.717, 1.165) is 22.6 Å². The summed E-state index contributed by atoms with van der Waals surface area (Å²) in [6, 6.07) is 12.8. The molecule has 0 fully saturated rings. The first-order valence-corrected chi connectivity index (χ1v) is 7.43. The van der Waals surface area contributed by atoms with Crippen LogP contribution in [0.1, 0.15) is 11.1 Å². The van der Waals surface area contributed by atoms with Crippen LogP contribution in [0.3, 0.4) is 0 Å². The lowest BCUT2D eigenvalue weighted by Gasteiger charge is -2.10. The number of benzene rings is 2. The summed E-state index contributed by atoms with van der Waals surface area (Å²) >= 11 is 5.95. The van der Waals surface area contributed by atoms with Gasteiger partial charge in [0.2, 0.25) is 0 Å². The van der Waals surface area contributed by atoms with Gasteiger partial charge < -0.3 is 15.4 Å². The molecule has 2 amide bonds. The van der Waals surface area contributed by atoms with Crippen LogP contribution in [-0.4, -0.2) is 19.2 Å². The van der Waals surface area contributed by atoms with E-state index in [1.165, 1.54) is 0 Å². The van der Waals surface area contributed by atoms with E-state index >= 15 is 0 Å². The highest BCUT2D eigenvalue weighted by atomic mass is 35.5. The molecule has 0 saturated heterocycles. The Kier molecular flexibility index (Phi) is 5.67. The van der Waals surface area contributed by atoms with Crippen LogP contribution >= 0.6 is 11.6 Å². The highest BCUT2D eigenvalue weighted by Gasteiger charge is 2.02. The normalized spacial score (nSPS) is 10.1. The van der Waals surface area contributed by atoms with Gasteiger partial charge >= 0.3 is 6.03 Å². The molecule has 0 atom stereocenters. The van der Waals surface area contributed by atoms with E-state index in [1.807, 2.05) is 50.2 Å². The van der Waals surface area contributed by atoms with E-state index in [1.54, 1.807) is 6.07 Å². The number of hydrogen-bond acceptors (Lipinski definition) is 2. The van der Waals surface area contributed by atoms with Crippen molar-refractivity contribution in [2.75, 3.05) is 18.5 Å². The second kappa shape index (κ2) is 7.71. The molecule has 2 aromatic carbocycles. The number of urea groups is 1. The molecular formula is C17H19ClN2O2. The van der Waals surface area contributed by atoms with E-state index in [9.17, 15) is 4.79 Å². The van der Waals surface area contributed by atoms with Gasteiger partial charge in [0.25, 0.3) is 0 Å². The second-order valence-corrected chi connectivity index (χ2v) is 5.41. The molecule has 2 rings (SSSR count). The van der Waals surface area contributed by atoms with Crippen LogP contribution in [0.5, 0.6) is 5.75 Å². The first kappa shape index (κ1) is 16.2. The number of carbonyl (C=O) groups excluding carboxylic acids is 1. The van der Waals surface area contributed by atoms with Crippen molar-refractivity contribution in [3.05, 3.63) is 58.6 Å². The third-order valence-corrected chi connectivity index (χ3v) is 3.52. The predicted molar refractivity (Wildman–Crippen MR) is 89.9 cm³/mol. The van der Waals surface area contributed by atoms with Crippen molar-refractivity contribution in [2.24, 2.45) is 0 Å². The lowest BCUT2D eigenvalue weighted by Crippen LogP contribution is -2.32. The zero-order valence-electron chi connectivity index (χ0n) is 12.7. The molecule has 0 aliphatic heterocycles. The maximum atomic E-state index is 11.7. The number of nitrogens with one attached hydrogen (secondary N) is 2. The smallest absolute Gasteiger partial charge is 0.319 e. The van der Waals surface area contributed by atoms with Crippen molar-refractivity contribution in [2.45, 2.75) is 13.8 Å². The molecule has 22 heavy (non-hydrogen) atoms.